The maximum atomic E-state index is 15.5. The van der Waals surface area contributed by atoms with Crippen LogP contribution in [0.3, 0.4) is 0 Å². The Morgan fingerprint density at radius 1 is 0.454 bits per heavy atom. The number of pyridine rings is 2. The normalized spacial score (nSPS) is 16.6. The Morgan fingerprint density at radius 2 is 0.843 bits per heavy atom. The Morgan fingerprint density at radius 3 is 1.27 bits per heavy atom. The van der Waals surface area contributed by atoms with Crippen molar-refractivity contribution in [2.75, 3.05) is 16.0 Å². The fourth-order valence-electron chi connectivity index (χ4n) is 16.6. The predicted octanol–water partition coefficient (Wildman–Crippen LogP) is 12.8. The highest BCUT2D eigenvalue weighted by molar-refractivity contribution is 7.13. The average Bonchev–Trinajstić information content (AvgIpc) is 0.748. The summed E-state index contributed by atoms with van der Waals surface area (Å²) < 4.78 is 31.9. The highest BCUT2D eigenvalue weighted by Crippen LogP contribution is 2.48. The predicted molar refractivity (Wildman–Crippen MR) is 412 cm³/mol. The van der Waals surface area contributed by atoms with Gasteiger partial charge in [0.2, 0.25) is 17.5 Å². The lowest BCUT2D eigenvalue weighted by atomic mass is 9.63. The van der Waals surface area contributed by atoms with Crippen molar-refractivity contribution in [2.45, 2.75) is 159 Å². The molecule has 0 bridgehead atoms. The summed E-state index contributed by atoms with van der Waals surface area (Å²) in [5, 5.41) is 11.1. The van der Waals surface area contributed by atoms with Gasteiger partial charge in [0.1, 0.15) is 35.4 Å². The number of nitrogens with one attached hydrogen (secondary N) is 7. The second-order valence-corrected chi connectivity index (χ2v) is 30.1. The molecule has 0 saturated heterocycles. The molecule has 3 amide bonds. The van der Waals surface area contributed by atoms with E-state index in [-0.39, 0.29) is 72.6 Å². The van der Waals surface area contributed by atoms with Gasteiger partial charge in [-0.1, -0.05) is 138 Å². The molecule has 4 aliphatic carbocycles. The SMILES string of the molecule is O=C(Nc1ccccn1)C(C(C1CCCCC1)C1CCCCC1)(n1c(=O)[nH]c2ccc(F)cc2c1=O)n1c(=O)[nH]c2ccc(Cl)cc2c1=O.O=C(Nc1ccccn1)C(CC1CCCCC1)n1c(=O)[nH]c2ccc(Cl)cc2c1=O.O=C(Nc1nccs1)C(CC1CCCCC1)n1c(=O)[nH]c2ccc(F)cc2c1=O. The summed E-state index contributed by atoms with van der Waals surface area (Å²) >= 11 is 13.7. The third kappa shape index (κ3) is 16.3. The number of benzene rings is 4. The first-order valence-electron chi connectivity index (χ1n) is 36.7. The van der Waals surface area contributed by atoms with Gasteiger partial charge in [-0.3, -0.25) is 33.6 Å². The van der Waals surface area contributed by atoms with E-state index in [1.165, 1.54) is 72.5 Å². The first-order chi connectivity index (χ1) is 52.2. The van der Waals surface area contributed by atoms with Gasteiger partial charge in [-0.05, 0) is 159 Å². The van der Waals surface area contributed by atoms with Crippen LogP contribution >= 0.6 is 34.5 Å². The molecule has 3 atom stereocenters. The number of nitrogens with zero attached hydrogens (tertiary/aromatic N) is 7. The number of aromatic amines is 4. The summed E-state index contributed by atoms with van der Waals surface area (Å²) in [6.07, 6.45) is 23.8. The second-order valence-electron chi connectivity index (χ2n) is 28.4. The standard InChI is InChI=1S/C36H36ClFN6O5.C22H23ClN4O3.C20H21FN4O3S/c37-23-14-16-27-25(19-23)31(45)43(34(48)40-27)36(33(47)42-29-13-7-8-18-39-29,30(21-9-3-1-4-10-21)22-11-5-2-6-12-22)44-32(46)26-20-24(38)15-17-28(26)41-35(44)49;23-15-9-10-17-16(13-15)21(29)27(22(30)25-17)18(12-14-6-2-1-3-7-14)20(28)26-19-8-4-5-11-24-19;21-13-6-7-15-14(11-13)18(27)25(20(28)23-15)16(10-12-4-2-1-3-5-12)17(26)24-19-22-8-9-29-19/h7-8,13-22,30H,1-6,9-12H2,(H,40,48)(H,41,49)(H,39,42,47);4-5,8-11,13-14,18H,1-3,6-7,12H2,(H,25,30)(H,24,26,28);6-9,11-12,16H,1-5,10H2,(H,23,28)(H,22,24,26). The van der Waals surface area contributed by atoms with Crippen LogP contribution in [-0.2, 0) is 20.0 Å². The van der Waals surface area contributed by atoms with Gasteiger partial charge in [-0.25, -0.2) is 61.2 Å². The van der Waals surface area contributed by atoms with Crippen LogP contribution in [-0.4, -0.2) is 70.9 Å². The number of rotatable bonds is 17. The number of hydrogen-bond donors (Lipinski definition) is 7. The van der Waals surface area contributed by atoms with Gasteiger partial charge in [-0.15, -0.1) is 11.3 Å². The van der Waals surface area contributed by atoms with Crippen molar-refractivity contribution in [3.8, 4) is 0 Å². The van der Waals surface area contributed by atoms with Crippen LogP contribution in [0, 0.1) is 41.2 Å². The van der Waals surface area contributed by atoms with E-state index in [4.69, 9.17) is 23.2 Å². The van der Waals surface area contributed by atoms with Gasteiger partial charge < -0.3 is 35.9 Å². The number of carbonyl (C=O) groups is 3. The molecule has 108 heavy (non-hydrogen) atoms. The third-order valence-electron chi connectivity index (χ3n) is 21.6. The highest BCUT2D eigenvalue weighted by Gasteiger charge is 2.58. The number of anilines is 3. The highest BCUT2D eigenvalue weighted by atomic mass is 35.5. The van der Waals surface area contributed by atoms with Gasteiger partial charge in [0.05, 0.1) is 43.6 Å². The summed E-state index contributed by atoms with van der Waals surface area (Å²) in [6.45, 7) is 0. The van der Waals surface area contributed by atoms with Crippen LogP contribution in [0.5, 0.6) is 0 Å². The van der Waals surface area contributed by atoms with Crippen molar-refractivity contribution >= 4 is 113 Å². The van der Waals surface area contributed by atoms with E-state index in [1.807, 2.05) is 0 Å². The summed E-state index contributed by atoms with van der Waals surface area (Å²) in [6, 6.07) is 24.2. The Balaban J connectivity index is 0.000000151. The molecule has 0 aliphatic heterocycles. The number of aromatic nitrogens is 11. The molecule has 0 spiro atoms. The minimum absolute atomic E-state index is 0.00976. The van der Waals surface area contributed by atoms with Crippen molar-refractivity contribution < 1.29 is 23.2 Å². The molecule has 30 heteroatoms. The quantitative estimate of drug-likeness (QED) is 0.0446. The fraction of sp³-hybridized carbons (Fsp3) is 0.385. The Hall–Kier alpha value is -10.6. The molecule has 7 N–H and O–H groups in total. The van der Waals surface area contributed by atoms with Crippen molar-refractivity contribution in [1.29, 1.82) is 0 Å². The van der Waals surface area contributed by atoms with E-state index in [1.54, 1.807) is 60.2 Å². The van der Waals surface area contributed by atoms with Crippen LogP contribution in [0.15, 0.2) is 172 Å². The zero-order valence-electron chi connectivity index (χ0n) is 58.8. The molecular formula is C78H80Cl2F2N14O11S. The number of fused-ring (bicyclic) bond motifs is 4. The van der Waals surface area contributed by atoms with Crippen molar-refractivity contribution in [3.05, 3.63) is 238 Å². The Labute approximate surface area is 628 Å². The molecule has 15 rings (SSSR count). The Bertz CT molecular complexity index is 5520. The van der Waals surface area contributed by atoms with E-state index in [2.05, 4.69) is 50.8 Å². The number of hydrogen-bond acceptors (Lipinski definition) is 15. The number of halogens is 4. The number of carbonyl (C=O) groups excluding carboxylic acids is 3. The van der Waals surface area contributed by atoms with E-state index in [0.29, 0.717) is 64.6 Å². The summed E-state index contributed by atoms with van der Waals surface area (Å²) in [4.78, 5) is 176. The lowest BCUT2D eigenvalue weighted by Gasteiger charge is -2.49. The molecule has 7 heterocycles. The van der Waals surface area contributed by atoms with E-state index in [0.717, 1.165) is 128 Å². The maximum absolute atomic E-state index is 15.5. The minimum Gasteiger partial charge on any atom is -0.309 e. The van der Waals surface area contributed by atoms with Crippen LogP contribution in [0.2, 0.25) is 10.0 Å². The smallest absolute Gasteiger partial charge is 0.309 e. The van der Waals surface area contributed by atoms with Crippen LogP contribution < -0.4 is 60.9 Å². The number of amides is 3. The zero-order valence-corrected chi connectivity index (χ0v) is 61.2. The molecule has 4 fully saturated rings. The maximum Gasteiger partial charge on any atom is 0.331 e. The lowest BCUT2D eigenvalue weighted by molar-refractivity contribution is -0.136. The monoisotopic (exact) mass is 1530 g/mol. The third-order valence-corrected chi connectivity index (χ3v) is 22.7. The van der Waals surface area contributed by atoms with E-state index in [9.17, 15) is 56.7 Å². The average molecular weight is 1530 g/mol. The first kappa shape index (κ1) is 75.6. The van der Waals surface area contributed by atoms with Gasteiger partial charge in [0.25, 0.3) is 28.1 Å². The first-order valence-corrected chi connectivity index (χ1v) is 38.3. The molecule has 7 aromatic heterocycles. The van der Waals surface area contributed by atoms with Crippen molar-refractivity contribution in [1.82, 2.24) is 53.2 Å². The lowest BCUT2D eigenvalue weighted by Crippen LogP contribution is -2.71. The molecule has 3 unspecified atom stereocenters. The van der Waals surface area contributed by atoms with Crippen LogP contribution in [0.25, 0.3) is 43.6 Å². The molecule has 0 radical (unpaired) electrons. The molecular weight excluding hydrogens is 1450 g/mol. The van der Waals surface area contributed by atoms with Gasteiger partial charge in [0.15, 0.2) is 5.13 Å². The van der Waals surface area contributed by atoms with Crippen molar-refractivity contribution in [2.24, 2.45) is 29.6 Å². The summed E-state index contributed by atoms with van der Waals surface area (Å²) in [5.74, 6) is -3.57. The number of H-pyrrole nitrogens is 4. The van der Waals surface area contributed by atoms with Gasteiger partial charge in [-0.2, -0.15) is 0 Å². The molecule has 562 valence electrons. The van der Waals surface area contributed by atoms with E-state index < -0.39 is 98.0 Å². The minimum atomic E-state index is -2.56. The van der Waals surface area contributed by atoms with Gasteiger partial charge >= 0.3 is 22.8 Å². The summed E-state index contributed by atoms with van der Waals surface area (Å²) in [5.41, 5.74) is -8.10. The van der Waals surface area contributed by atoms with Crippen LogP contribution in [0.1, 0.15) is 153 Å². The molecule has 11 aromatic rings. The van der Waals surface area contributed by atoms with Crippen molar-refractivity contribution in [3.63, 3.8) is 0 Å². The zero-order chi connectivity index (χ0) is 75.8. The summed E-state index contributed by atoms with van der Waals surface area (Å²) in [7, 11) is 0. The van der Waals surface area contributed by atoms with Gasteiger partial charge in [0, 0.05) is 39.9 Å². The number of thiazole rings is 1. The van der Waals surface area contributed by atoms with E-state index >= 15 is 4.79 Å². The molecule has 4 aliphatic rings. The largest absolute Gasteiger partial charge is 0.331 e. The fourth-order valence-corrected chi connectivity index (χ4v) is 17.5. The molecule has 4 saturated carbocycles. The molecule has 25 nitrogen and oxygen atoms in total. The van der Waals surface area contributed by atoms with Crippen LogP contribution in [0.4, 0.5) is 25.5 Å². The second kappa shape index (κ2) is 33.7. The Kier molecular flexibility index (Phi) is 23.6. The topological polar surface area (TPSA) is 345 Å². The molecule has 4 aromatic carbocycles.